The number of allylic oxidation sites excluding steroid dienone is 2. The SMILES string of the molecule is CCCC[C@@H]1CCCCC[C@]2(C)[C@H](CCC3[C@@]4(C)CC=C(c5ccc(C(=O)OC)cc5)C(C)(C)C4CC[C@]32C)[C@@H]1C(=O)OS(C)(C)C(C)(C)C.[HH].[HH].[HH]. The van der Waals surface area contributed by atoms with Crippen molar-refractivity contribution in [3.05, 3.63) is 41.5 Å². The number of methoxy groups -OCH3 is 1. The minimum Gasteiger partial charge on any atom is -0.465 e. The lowest BCUT2D eigenvalue weighted by Crippen LogP contribution is -2.63. The van der Waals surface area contributed by atoms with Crippen molar-refractivity contribution in [2.75, 3.05) is 19.6 Å². The highest BCUT2D eigenvalue weighted by Crippen LogP contribution is 2.74. The molecule has 0 amide bonds. The second kappa shape index (κ2) is 14.2. The second-order valence-corrected chi connectivity index (χ2v) is 23.4. The Morgan fingerprint density at radius 2 is 1.56 bits per heavy atom. The second-order valence-electron chi connectivity index (χ2n) is 19.6. The molecule has 4 aliphatic carbocycles. The molecular formula is C45H78O4S. The van der Waals surface area contributed by atoms with Crippen molar-refractivity contribution < 1.29 is 22.8 Å². The molecule has 3 saturated carbocycles. The Balaban J connectivity index is 0.00000324. The zero-order valence-corrected chi connectivity index (χ0v) is 34.8. The van der Waals surface area contributed by atoms with Gasteiger partial charge in [0.25, 0.3) is 0 Å². The van der Waals surface area contributed by atoms with Crippen LogP contribution in [-0.4, -0.2) is 36.3 Å². The molecule has 0 aliphatic heterocycles. The molecule has 288 valence electrons. The van der Waals surface area contributed by atoms with Gasteiger partial charge in [-0.1, -0.05) is 102 Å². The van der Waals surface area contributed by atoms with Crippen LogP contribution in [0.2, 0.25) is 0 Å². The Kier molecular flexibility index (Phi) is 11.2. The maximum atomic E-state index is 14.9. The first-order valence-electron chi connectivity index (χ1n) is 20.1. The lowest BCUT2D eigenvalue weighted by Gasteiger charge is -2.70. The molecule has 5 heteroatoms. The number of hydrogen-bond donors (Lipinski definition) is 0. The standard InChI is InChI=1S/C45H72O4S.3H2/c1-13-14-18-32-19-16-15-17-28-44(8)35(38(32)40(47)49-50(11,12)41(2,3)4)24-25-37-43(7)29-26-34(31-20-22-33(23-21-31)39(46)48-10)42(5,6)36(43)27-30-45(37,44)9;;;/h20-23,26,32,35-38H,13-19,24-25,27-30H2,1-12H3;3*1H/t32-,35-,36?,37?,38-,43+,44-,45-;;;/m1.../s1. The van der Waals surface area contributed by atoms with E-state index in [9.17, 15) is 9.59 Å². The molecule has 8 atom stereocenters. The van der Waals surface area contributed by atoms with Gasteiger partial charge in [-0.05, 0) is 153 Å². The van der Waals surface area contributed by atoms with Gasteiger partial charge in [0.1, 0.15) is 0 Å². The number of fused-ring (bicyclic) bond motifs is 5. The van der Waals surface area contributed by atoms with Gasteiger partial charge in [-0.3, -0.25) is 4.79 Å². The molecule has 2 unspecified atom stereocenters. The maximum absolute atomic E-state index is 14.9. The van der Waals surface area contributed by atoms with Crippen LogP contribution in [0.25, 0.3) is 5.57 Å². The normalized spacial score (nSPS) is 36.2. The highest BCUT2D eigenvalue weighted by atomic mass is 32.3. The van der Waals surface area contributed by atoms with Crippen molar-refractivity contribution in [2.24, 2.45) is 51.2 Å². The van der Waals surface area contributed by atoms with Crippen molar-refractivity contribution in [2.45, 2.75) is 151 Å². The summed E-state index contributed by atoms with van der Waals surface area (Å²) in [6.45, 7) is 21.9. The van der Waals surface area contributed by atoms with E-state index in [4.69, 9.17) is 8.92 Å². The van der Waals surface area contributed by atoms with Gasteiger partial charge in [-0.15, -0.1) is 0 Å². The van der Waals surface area contributed by atoms with Crippen molar-refractivity contribution in [1.82, 2.24) is 0 Å². The Labute approximate surface area is 312 Å². The van der Waals surface area contributed by atoms with Crippen LogP contribution < -0.4 is 0 Å². The highest BCUT2D eigenvalue weighted by Gasteiger charge is 2.67. The zero-order chi connectivity index (χ0) is 36.9. The highest BCUT2D eigenvalue weighted by molar-refractivity contribution is 8.30. The topological polar surface area (TPSA) is 52.6 Å². The summed E-state index contributed by atoms with van der Waals surface area (Å²) < 4.78 is 11.7. The Bertz CT molecular complexity index is 1430. The summed E-state index contributed by atoms with van der Waals surface area (Å²) in [5.41, 5.74) is 3.70. The predicted octanol–water partition coefficient (Wildman–Crippen LogP) is 13.2. The number of carbonyl (C=O) groups excluding carboxylic acids is 2. The van der Waals surface area contributed by atoms with Crippen molar-refractivity contribution in [3.8, 4) is 0 Å². The van der Waals surface area contributed by atoms with Gasteiger partial charge < -0.3 is 8.92 Å². The van der Waals surface area contributed by atoms with E-state index in [1.54, 1.807) is 0 Å². The summed E-state index contributed by atoms with van der Waals surface area (Å²) in [4.78, 5) is 27.0. The van der Waals surface area contributed by atoms with E-state index < -0.39 is 10.3 Å². The number of hydrogen-bond acceptors (Lipinski definition) is 4. The lowest BCUT2D eigenvalue weighted by atomic mass is 9.34. The van der Waals surface area contributed by atoms with E-state index >= 15 is 0 Å². The number of unbranched alkanes of at least 4 members (excludes halogenated alkanes) is 1. The van der Waals surface area contributed by atoms with Crippen LogP contribution in [0.5, 0.6) is 0 Å². The van der Waals surface area contributed by atoms with Gasteiger partial charge in [0.15, 0.2) is 0 Å². The fourth-order valence-electron chi connectivity index (χ4n) is 12.1. The van der Waals surface area contributed by atoms with Gasteiger partial charge in [-0.25, -0.2) is 4.79 Å². The number of benzene rings is 1. The van der Waals surface area contributed by atoms with Crippen LogP contribution in [0.3, 0.4) is 0 Å². The molecule has 0 N–H and O–H groups in total. The molecule has 1 aromatic carbocycles. The molecule has 1 aromatic rings. The van der Waals surface area contributed by atoms with Gasteiger partial charge in [0.05, 0.1) is 18.6 Å². The third kappa shape index (κ3) is 6.66. The van der Waals surface area contributed by atoms with Crippen molar-refractivity contribution in [3.63, 3.8) is 0 Å². The monoisotopic (exact) mass is 715 g/mol. The van der Waals surface area contributed by atoms with E-state index in [2.05, 4.69) is 93.0 Å². The lowest BCUT2D eigenvalue weighted by molar-refractivity contribution is -0.206. The predicted molar refractivity (Wildman–Crippen MR) is 219 cm³/mol. The molecule has 0 bridgehead atoms. The minimum absolute atomic E-state index is 0. The minimum atomic E-state index is -1.57. The van der Waals surface area contributed by atoms with Crippen molar-refractivity contribution >= 4 is 27.8 Å². The van der Waals surface area contributed by atoms with E-state index in [0.29, 0.717) is 29.2 Å². The zero-order valence-electron chi connectivity index (χ0n) is 34.0. The average Bonchev–Trinajstić information content (AvgIpc) is 3.10. The van der Waals surface area contributed by atoms with E-state index in [1.165, 1.54) is 82.5 Å². The van der Waals surface area contributed by atoms with Crippen LogP contribution in [-0.2, 0) is 13.7 Å². The van der Waals surface area contributed by atoms with Gasteiger partial charge >= 0.3 is 11.9 Å². The quantitative estimate of drug-likeness (QED) is 0.264. The fourth-order valence-corrected chi connectivity index (χ4v) is 12.9. The third-order valence-corrected chi connectivity index (χ3v) is 19.3. The van der Waals surface area contributed by atoms with E-state index in [-0.39, 0.29) is 48.5 Å². The van der Waals surface area contributed by atoms with Crippen LogP contribution in [0.4, 0.5) is 0 Å². The summed E-state index contributed by atoms with van der Waals surface area (Å²) >= 11 is 0. The van der Waals surface area contributed by atoms with Crippen LogP contribution in [0, 0.1) is 51.2 Å². The number of esters is 1. The van der Waals surface area contributed by atoms with E-state index in [1.807, 2.05) is 12.1 Å². The number of rotatable bonds is 7. The Morgan fingerprint density at radius 1 is 0.880 bits per heavy atom. The fraction of sp³-hybridized carbons (Fsp3) is 0.778. The number of carbonyl (C=O) groups is 2. The summed E-state index contributed by atoms with van der Waals surface area (Å²) in [5, 5.41) is 0. The first-order chi connectivity index (χ1) is 23.3. The molecule has 0 radical (unpaired) electrons. The largest absolute Gasteiger partial charge is 0.465 e. The molecular weight excluding hydrogens is 637 g/mol. The molecule has 0 spiro atoms. The average molecular weight is 715 g/mol. The molecule has 4 nitrogen and oxygen atoms in total. The van der Waals surface area contributed by atoms with Crippen LogP contribution in [0.15, 0.2) is 30.3 Å². The smallest absolute Gasteiger partial charge is 0.337 e. The molecule has 5 rings (SSSR count). The van der Waals surface area contributed by atoms with E-state index in [0.717, 1.165) is 19.3 Å². The Morgan fingerprint density at radius 3 is 2.18 bits per heavy atom. The number of ether oxygens (including phenoxy) is 1. The molecule has 0 aromatic heterocycles. The summed E-state index contributed by atoms with van der Waals surface area (Å²) in [7, 11) is -0.128. The maximum Gasteiger partial charge on any atom is 0.337 e. The van der Waals surface area contributed by atoms with Crippen LogP contribution >= 0.6 is 10.3 Å². The third-order valence-electron chi connectivity index (χ3n) is 15.8. The molecule has 50 heavy (non-hydrogen) atoms. The summed E-state index contributed by atoms with van der Waals surface area (Å²) in [6, 6.07) is 8.08. The van der Waals surface area contributed by atoms with Gasteiger partial charge in [0, 0.05) is 9.03 Å². The van der Waals surface area contributed by atoms with Gasteiger partial charge in [0.2, 0.25) is 0 Å². The Hall–Kier alpha value is -1.75. The van der Waals surface area contributed by atoms with Crippen LogP contribution in [0.1, 0.15) is 166 Å². The van der Waals surface area contributed by atoms with Gasteiger partial charge in [-0.2, -0.15) is 0 Å². The molecule has 0 heterocycles. The first-order valence-corrected chi connectivity index (χ1v) is 22.5. The first kappa shape index (κ1) is 39.5. The summed E-state index contributed by atoms with van der Waals surface area (Å²) in [6.07, 6.45) is 22.5. The van der Waals surface area contributed by atoms with Crippen molar-refractivity contribution in [1.29, 1.82) is 0 Å². The molecule has 3 fully saturated rings. The molecule has 0 saturated heterocycles. The summed E-state index contributed by atoms with van der Waals surface area (Å²) in [5.74, 6) is 1.79. The molecule has 4 aliphatic rings.